The molecule has 0 aromatic heterocycles. The van der Waals surface area contributed by atoms with E-state index in [4.69, 9.17) is 0 Å². The summed E-state index contributed by atoms with van der Waals surface area (Å²) in [5.74, 6) is 0.680. The average Bonchev–Trinajstić information content (AvgIpc) is 2.38. The van der Waals surface area contributed by atoms with Crippen LogP contribution >= 0.6 is 0 Å². The third kappa shape index (κ3) is 3.69. The quantitative estimate of drug-likeness (QED) is 0.716. The van der Waals surface area contributed by atoms with Crippen molar-refractivity contribution in [2.45, 2.75) is 39.2 Å². The minimum Gasteiger partial charge on any atom is -0.340 e. The van der Waals surface area contributed by atoms with Gasteiger partial charge in [-0.25, -0.2) is 0 Å². The molecular formula is C15H29N3O. The van der Waals surface area contributed by atoms with Crippen LogP contribution < -0.4 is 0 Å². The molecule has 2 saturated heterocycles. The highest BCUT2D eigenvalue weighted by molar-refractivity contribution is 5.79. The van der Waals surface area contributed by atoms with Crippen molar-refractivity contribution in [3.05, 3.63) is 0 Å². The van der Waals surface area contributed by atoms with Crippen LogP contribution in [0.15, 0.2) is 0 Å². The normalized spacial score (nSPS) is 24.7. The van der Waals surface area contributed by atoms with Crippen molar-refractivity contribution in [2.75, 3.05) is 46.3 Å². The summed E-state index contributed by atoms with van der Waals surface area (Å²) in [6.45, 7) is 12.7. The molecule has 0 aromatic rings. The number of likely N-dealkylation sites (tertiary alicyclic amines) is 1. The third-order valence-corrected chi connectivity index (χ3v) is 4.61. The predicted octanol–water partition coefficient (Wildman–Crippen LogP) is 1.27. The lowest BCUT2D eigenvalue weighted by molar-refractivity contribution is -0.139. The summed E-state index contributed by atoms with van der Waals surface area (Å²) in [5, 5.41) is 0. The van der Waals surface area contributed by atoms with E-state index in [1.54, 1.807) is 0 Å². The summed E-state index contributed by atoms with van der Waals surface area (Å²) in [4.78, 5) is 19.4. The molecule has 2 rings (SSSR count). The van der Waals surface area contributed by atoms with Gasteiger partial charge in [-0.05, 0) is 53.8 Å². The molecule has 0 aliphatic carbocycles. The summed E-state index contributed by atoms with van der Waals surface area (Å²) >= 11 is 0. The number of piperidine rings is 1. The van der Waals surface area contributed by atoms with E-state index >= 15 is 0 Å². The molecule has 0 spiro atoms. The molecule has 2 fully saturated rings. The zero-order chi connectivity index (χ0) is 14.0. The van der Waals surface area contributed by atoms with Gasteiger partial charge in [0.05, 0.1) is 0 Å². The molecule has 0 atom stereocenters. The lowest BCUT2D eigenvalue weighted by Crippen LogP contribution is -2.56. The fourth-order valence-corrected chi connectivity index (χ4v) is 3.11. The van der Waals surface area contributed by atoms with Gasteiger partial charge in [0.2, 0.25) is 5.91 Å². The average molecular weight is 267 g/mol. The van der Waals surface area contributed by atoms with E-state index in [1.165, 1.54) is 0 Å². The summed E-state index contributed by atoms with van der Waals surface area (Å²) in [6, 6.07) is 0. The van der Waals surface area contributed by atoms with E-state index in [0.29, 0.717) is 5.91 Å². The molecule has 1 amide bonds. The van der Waals surface area contributed by atoms with Crippen molar-refractivity contribution in [3.63, 3.8) is 0 Å². The maximum absolute atomic E-state index is 12.5. The van der Waals surface area contributed by atoms with Crippen LogP contribution in [0, 0.1) is 5.92 Å². The number of piperazine rings is 1. The SMILES string of the molecule is CN1CCC(C(=O)N2CCN(C(C)(C)C)CC2)CC1. The van der Waals surface area contributed by atoms with Crippen LogP contribution in [0.1, 0.15) is 33.6 Å². The highest BCUT2D eigenvalue weighted by atomic mass is 16.2. The standard InChI is InChI=1S/C15H29N3O/c1-15(2,3)18-11-9-17(10-12-18)14(19)13-5-7-16(4)8-6-13/h13H,5-12H2,1-4H3. The molecule has 0 unspecified atom stereocenters. The largest absolute Gasteiger partial charge is 0.340 e. The van der Waals surface area contributed by atoms with Crippen LogP contribution in [-0.2, 0) is 4.79 Å². The first-order valence-corrected chi connectivity index (χ1v) is 7.60. The van der Waals surface area contributed by atoms with Crippen LogP contribution in [0.25, 0.3) is 0 Å². The van der Waals surface area contributed by atoms with E-state index in [-0.39, 0.29) is 11.5 Å². The highest BCUT2D eigenvalue weighted by Crippen LogP contribution is 2.21. The van der Waals surface area contributed by atoms with Gasteiger partial charge in [-0.1, -0.05) is 0 Å². The Morgan fingerprint density at radius 2 is 1.47 bits per heavy atom. The number of amides is 1. The van der Waals surface area contributed by atoms with E-state index < -0.39 is 0 Å². The topological polar surface area (TPSA) is 26.8 Å². The lowest BCUT2D eigenvalue weighted by atomic mass is 9.95. The van der Waals surface area contributed by atoms with Gasteiger partial charge < -0.3 is 9.80 Å². The molecule has 110 valence electrons. The molecule has 0 aromatic carbocycles. The van der Waals surface area contributed by atoms with Crippen LogP contribution in [0.4, 0.5) is 0 Å². The monoisotopic (exact) mass is 267 g/mol. The molecular weight excluding hydrogens is 238 g/mol. The van der Waals surface area contributed by atoms with Crippen LogP contribution in [0.3, 0.4) is 0 Å². The highest BCUT2D eigenvalue weighted by Gasteiger charge is 2.31. The van der Waals surface area contributed by atoms with Crippen LogP contribution in [0.2, 0.25) is 0 Å². The molecule has 0 N–H and O–H groups in total. The van der Waals surface area contributed by atoms with Gasteiger partial charge in [0.1, 0.15) is 0 Å². The molecule has 2 aliphatic rings. The van der Waals surface area contributed by atoms with E-state index in [1.807, 2.05) is 0 Å². The third-order valence-electron chi connectivity index (χ3n) is 4.61. The number of nitrogens with zero attached hydrogens (tertiary/aromatic N) is 3. The first-order valence-electron chi connectivity index (χ1n) is 7.60. The number of carbonyl (C=O) groups is 1. The summed E-state index contributed by atoms with van der Waals surface area (Å²) in [7, 11) is 2.14. The van der Waals surface area contributed by atoms with Gasteiger partial charge in [0.25, 0.3) is 0 Å². The Hall–Kier alpha value is -0.610. The number of rotatable bonds is 1. The summed E-state index contributed by atoms with van der Waals surface area (Å²) in [5.41, 5.74) is 0.225. The maximum atomic E-state index is 12.5. The van der Waals surface area contributed by atoms with Crippen LogP contribution in [0.5, 0.6) is 0 Å². The molecule has 2 aliphatic heterocycles. The second-order valence-electron chi connectivity index (χ2n) is 7.06. The Bertz CT molecular complexity index is 308. The van der Waals surface area contributed by atoms with Crippen molar-refractivity contribution in [2.24, 2.45) is 5.92 Å². The zero-order valence-electron chi connectivity index (χ0n) is 13.0. The number of hydrogen-bond acceptors (Lipinski definition) is 3. The second-order valence-corrected chi connectivity index (χ2v) is 7.06. The molecule has 4 nitrogen and oxygen atoms in total. The molecule has 19 heavy (non-hydrogen) atoms. The van der Waals surface area contributed by atoms with Gasteiger partial charge in [-0.2, -0.15) is 0 Å². The van der Waals surface area contributed by atoms with Crippen LogP contribution in [-0.4, -0.2) is 72.5 Å². The minimum atomic E-state index is 0.225. The van der Waals surface area contributed by atoms with Gasteiger partial charge >= 0.3 is 0 Å². The maximum Gasteiger partial charge on any atom is 0.225 e. The summed E-state index contributed by atoms with van der Waals surface area (Å²) < 4.78 is 0. The molecule has 0 bridgehead atoms. The van der Waals surface area contributed by atoms with E-state index in [2.05, 4.69) is 42.5 Å². The van der Waals surface area contributed by atoms with Gasteiger partial charge in [0, 0.05) is 37.6 Å². The number of carbonyl (C=O) groups excluding carboxylic acids is 1. The lowest BCUT2D eigenvalue weighted by Gasteiger charge is -2.43. The smallest absolute Gasteiger partial charge is 0.225 e. The Balaban J connectivity index is 1.82. The van der Waals surface area contributed by atoms with Crippen molar-refractivity contribution in [1.29, 1.82) is 0 Å². The molecule has 4 heteroatoms. The first kappa shape index (κ1) is 14.8. The summed E-state index contributed by atoms with van der Waals surface area (Å²) in [6.07, 6.45) is 2.07. The van der Waals surface area contributed by atoms with Crippen molar-refractivity contribution < 1.29 is 4.79 Å². The Kier molecular flexibility index (Phi) is 4.51. The number of hydrogen-bond donors (Lipinski definition) is 0. The van der Waals surface area contributed by atoms with Gasteiger partial charge in [0.15, 0.2) is 0 Å². The molecule has 2 heterocycles. The fourth-order valence-electron chi connectivity index (χ4n) is 3.11. The Morgan fingerprint density at radius 3 is 1.95 bits per heavy atom. The van der Waals surface area contributed by atoms with Crippen molar-refractivity contribution in [3.8, 4) is 0 Å². The molecule has 0 radical (unpaired) electrons. The van der Waals surface area contributed by atoms with Gasteiger partial charge in [-0.3, -0.25) is 9.69 Å². The van der Waals surface area contributed by atoms with Crippen molar-refractivity contribution in [1.82, 2.24) is 14.7 Å². The Labute approximate surface area is 117 Å². The first-order chi connectivity index (χ1) is 8.88. The van der Waals surface area contributed by atoms with E-state index in [9.17, 15) is 4.79 Å². The fraction of sp³-hybridized carbons (Fsp3) is 0.933. The van der Waals surface area contributed by atoms with Crippen molar-refractivity contribution >= 4 is 5.91 Å². The zero-order valence-corrected chi connectivity index (χ0v) is 13.0. The van der Waals surface area contributed by atoms with E-state index in [0.717, 1.165) is 52.1 Å². The minimum absolute atomic E-state index is 0.225. The predicted molar refractivity (Wildman–Crippen MR) is 78.1 cm³/mol. The Morgan fingerprint density at radius 1 is 0.947 bits per heavy atom. The van der Waals surface area contributed by atoms with Gasteiger partial charge in [-0.15, -0.1) is 0 Å². The molecule has 0 saturated carbocycles. The second kappa shape index (κ2) is 5.80.